The van der Waals surface area contributed by atoms with Gasteiger partial charge in [0.2, 0.25) is 0 Å². The van der Waals surface area contributed by atoms with Gasteiger partial charge in [0.25, 0.3) is 0 Å². The third kappa shape index (κ3) is 4.69. The molecule has 2 aromatic rings. The first-order chi connectivity index (χ1) is 10.2. The zero-order valence-corrected chi connectivity index (χ0v) is 13.1. The Morgan fingerprint density at radius 2 is 1.57 bits per heavy atom. The minimum Gasteiger partial charge on any atom is -0.323 e. The van der Waals surface area contributed by atoms with Gasteiger partial charge in [-0.25, -0.2) is 0 Å². The summed E-state index contributed by atoms with van der Waals surface area (Å²) in [6, 6.07) is 19.2. The van der Waals surface area contributed by atoms with E-state index in [0.29, 0.717) is 0 Å². The molecule has 0 radical (unpaired) electrons. The minimum absolute atomic E-state index is 0.0803. The first-order valence-corrected chi connectivity index (χ1v) is 7.80. The summed E-state index contributed by atoms with van der Waals surface area (Å²) in [4.78, 5) is 2.32. The average molecular weight is 282 g/mol. The maximum absolute atomic E-state index is 6.31. The van der Waals surface area contributed by atoms with Crippen LogP contribution in [0.5, 0.6) is 0 Å². The van der Waals surface area contributed by atoms with Crippen LogP contribution in [0.1, 0.15) is 31.4 Å². The summed E-state index contributed by atoms with van der Waals surface area (Å²) in [5, 5.41) is 0. The quantitative estimate of drug-likeness (QED) is 0.829. The van der Waals surface area contributed by atoms with Gasteiger partial charge in [0.1, 0.15) is 0 Å². The molecule has 0 fully saturated rings. The van der Waals surface area contributed by atoms with Crippen molar-refractivity contribution in [3.8, 4) is 11.1 Å². The van der Waals surface area contributed by atoms with Gasteiger partial charge in [-0.1, -0.05) is 67.9 Å². The highest BCUT2D eigenvalue weighted by molar-refractivity contribution is 5.63. The van der Waals surface area contributed by atoms with Gasteiger partial charge in [-0.15, -0.1) is 0 Å². The summed E-state index contributed by atoms with van der Waals surface area (Å²) in [6.45, 7) is 4.24. The molecular weight excluding hydrogens is 256 g/mol. The molecule has 0 aromatic heterocycles. The van der Waals surface area contributed by atoms with Gasteiger partial charge in [-0.3, -0.25) is 0 Å². The van der Waals surface area contributed by atoms with Crippen molar-refractivity contribution in [2.45, 2.75) is 25.8 Å². The number of benzene rings is 2. The number of unbranched alkanes of at least 4 members (excludes halogenated alkanes) is 1. The van der Waals surface area contributed by atoms with Crippen LogP contribution in [-0.4, -0.2) is 25.0 Å². The van der Waals surface area contributed by atoms with Gasteiger partial charge in [0.15, 0.2) is 0 Å². The highest BCUT2D eigenvalue weighted by Gasteiger charge is 2.09. The van der Waals surface area contributed by atoms with Crippen molar-refractivity contribution in [2.75, 3.05) is 20.1 Å². The summed E-state index contributed by atoms with van der Waals surface area (Å²) < 4.78 is 0. The van der Waals surface area contributed by atoms with E-state index in [1.807, 2.05) is 6.07 Å². The molecule has 0 bridgehead atoms. The molecule has 2 rings (SSSR count). The molecule has 0 spiro atoms. The van der Waals surface area contributed by atoms with Crippen LogP contribution >= 0.6 is 0 Å². The van der Waals surface area contributed by atoms with E-state index < -0.39 is 0 Å². The first kappa shape index (κ1) is 15.7. The molecule has 21 heavy (non-hydrogen) atoms. The number of likely N-dealkylation sites (N-methyl/N-ethyl adjacent to an activating group) is 1. The maximum Gasteiger partial charge on any atom is 0.0424 e. The van der Waals surface area contributed by atoms with Crippen molar-refractivity contribution in [2.24, 2.45) is 5.73 Å². The number of hydrogen-bond donors (Lipinski definition) is 1. The van der Waals surface area contributed by atoms with Crippen molar-refractivity contribution >= 4 is 0 Å². The fraction of sp³-hybridized carbons (Fsp3) is 0.368. The molecule has 0 heterocycles. The Hall–Kier alpha value is -1.64. The lowest BCUT2D eigenvalue weighted by atomic mass is 10.0. The molecule has 0 aliphatic heterocycles. The standard InChI is InChI=1S/C19H26N2/c1-3-4-14-21(2)15-19(20)18-12-10-17(11-13-18)16-8-6-5-7-9-16/h5-13,19H,3-4,14-15,20H2,1-2H3. The zero-order valence-electron chi connectivity index (χ0n) is 13.1. The number of nitrogens with zero attached hydrogens (tertiary/aromatic N) is 1. The van der Waals surface area contributed by atoms with Gasteiger partial charge in [0, 0.05) is 12.6 Å². The molecular formula is C19H26N2. The van der Waals surface area contributed by atoms with Crippen LogP contribution in [-0.2, 0) is 0 Å². The van der Waals surface area contributed by atoms with E-state index in [2.05, 4.69) is 67.4 Å². The predicted octanol–water partition coefficient (Wildman–Crippen LogP) is 4.09. The lowest BCUT2D eigenvalue weighted by Crippen LogP contribution is -2.29. The molecule has 2 heteroatoms. The Morgan fingerprint density at radius 3 is 2.19 bits per heavy atom. The highest BCUT2D eigenvalue weighted by Crippen LogP contribution is 2.21. The van der Waals surface area contributed by atoms with Crippen molar-refractivity contribution in [1.29, 1.82) is 0 Å². The monoisotopic (exact) mass is 282 g/mol. The van der Waals surface area contributed by atoms with E-state index >= 15 is 0 Å². The van der Waals surface area contributed by atoms with Crippen LogP contribution in [0.4, 0.5) is 0 Å². The fourth-order valence-electron chi connectivity index (χ4n) is 2.51. The molecule has 0 saturated heterocycles. The minimum atomic E-state index is 0.0803. The Balaban J connectivity index is 1.98. The maximum atomic E-state index is 6.31. The molecule has 2 N–H and O–H groups in total. The van der Waals surface area contributed by atoms with E-state index in [9.17, 15) is 0 Å². The van der Waals surface area contributed by atoms with Crippen LogP contribution in [0.2, 0.25) is 0 Å². The Bertz CT molecular complexity index is 519. The summed E-state index contributed by atoms with van der Waals surface area (Å²) in [5.41, 5.74) is 10.0. The molecule has 112 valence electrons. The Morgan fingerprint density at radius 1 is 0.952 bits per heavy atom. The molecule has 0 amide bonds. The van der Waals surface area contributed by atoms with Crippen molar-refractivity contribution in [3.05, 3.63) is 60.2 Å². The van der Waals surface area contributed by atoms with Gasteiger partial charge >= 0.3 is 0 Å². The lowest BCUT2D eigenvalue weighted by Gasteiger charge is -2.21. The third-order valence-electron chi connectivity index (χ3n) is 3.85. The smallest absolute Gasteiger partial charge is 0.0424 e. The molecule has 2 nitrogen and oxygen atoms in total. The molecule has 1 unspecified atom stereocenters. The van der Waals surface area contributed by atoms with Crippen LogP contribution in [0.25, 0.3) is 11.1 Å². The Labute approximate surface area is 128 Å². The Kier molecular flexibility index (Phi) is 5.97. The molecule has 0 saturated carbocycles. The van der Waals surface area contributed by atoms with Crippen LogP contribution in [0, 0.1) is 0 Å². The average Bonchev–Trinajstić information content (AvgIpc) is 2.54. The van der Waals surface area contributed by atoms with E-state index in [1.54, 1.807) is 0 Å². The lowest BCUT2D eigenvalue weighted by molar-refractivity contribution is 0.307. The molecule has 1 atom stereocenters. The summed E-state index contributed by atoms with van der Waals surface area (Å²) in [5.74, 6) is 0. The third-order valence-corrected chi connectivity index (χ3v) is 3.85. The van der Waals surface area contributed by atoms with Gasteiger partial charge in [-0.2, -0.15) is 0 Å². The second-order valence-electron chi connectivity index (χ2n) is 5.71. The van der Waals surface area contributed by atoms with Gasteiger partial charge in [0.05, 0.1) is 0 Å². The van der Waals surface area contributed by atoms with Crippen molar-refractivity contribution in [3.63, 3.8) is 0 Å². The van der Waals surface area contributed by atoms with E-state index in [0.717, 1.165) is 13.1 Å². The summed E-state index contributed by atoms with van der Waals surface area (Å²) in [6.07, 6.45) is 2.46. The second-order valence-corrected chi connectivity index (χ2v) is 5.71. The molecule has 0 aliphatic rings. The highest BCUT2D eigenvalue weighted by atomic mass is 15.1. The van der Waals surface area contributed by atoms with Crippen molar-refractivity contribution < 1.29 is 0 Å². The zero-order chi connectivity index (χ0) is 15.1. The van der Waals surface area contributed by atoms with Crippen molar-refractivity contribution in [1.82, 2.24) is 4.90 Å². The normalized spacial score (nSPS) is 12.6. The molecule has 2 aromatic carbocycles. The number of hydrogen-bond acceptors (Lipinski definition) is 2. The van der Waals surface area contributed by atoms with Gasteiger partial charge in [-0.05, 0) is 36.7 Å². The predicted molar refractivity (Wildman–Crippen MR) is 91.2 cm³/mol. The van der Waals surface area contributed by atoms with E-state index in [-0.39, 0.29) is 6.04 Å². The van der Waals surface area contributed by atoms with Crippen LogP contribution in [0.3, 0.4) is 0 Å². The fourth-order valence-corrected chi connectivity index (χ4v) is 2.51. The summed E-state index contributed by atoms with van der Waals surface area (Å²) in [7, 11) is 2.15. The van der Waals surface area contributed by atoms with E-state index in [4.69, 9.17) is 5.73 Å². The first-order valence-electron chi connectivity index (χ1n) is 7.80. The largest absolute Gasteiger partial charge is 0.323 e. The van der Waals surface area contributed by atoms with E-state index in [1.165, 1.54) is 29.5 Å². The topological polar surface area (TPSA) is 29.3 Å². The number of rotatable bonds is 7. The summed E-state index contributed by atoms with van der Waals surface area (Å²) >= 11 is 0. The SMILES string of the molecule is CCCCN(C)CC(N)c1ccc(-c2ccccc2)cc1. The van der Waals surface area contributed by atoms with Crippen LogP contribution < -0.4 is 5.73 Å². The van der Waals surface area contributed by atoms with Gasteiger partial charge < -0.3 is 10.6 Å². The molecule has 0 aliphatic carbocycles. The van der Waals surface area contributed by atoms with Crippen LogP contribution in [0.15, 0.2) is 54.6 Å². The number of nitrogens with two attached hydrogens (primary N) is 1. The second kappa shape index (κ2) is 7.96.